The average molecular weight is 255 g/mol. The summed E-state index contributed by atoms with van der Waals surface area (Å²) in [7, 11) is 0. The van der Waals surface area contributed by atoms with Gasteiger partial charge in [-0.1, -0.05) is 19.9 Å². The molecular formula is C14H17N5. The van der Waals surface area contributed by atoms with Crippen LogP contribution in [-0.2, 0) is 6.54 Å². The molecule has 0 radical (unpaired) electrons. The Bertz CT molecular complexity index is 708. The van der Waals surface area contributed by atoms with Gasteiger partial charge in [-0.05, 0) is 24.1 Å². The second-order valence-corrected chi connectivity index (χ2v) is 4.85. The molecule has 0 amide bonds. The molecule has 5 heteroatoms. The molecule has 0 aliphatic rings. The third-order valence-corrected chi connectivity index (χ3v) is 3.22. The van der Waals surface area contributed by atoms with Gasteiger partial charge in [0.2, 0.25) is 0 Å². The molecule has 0 spiro atoms. The highest BCUT2D eigenvalue weighted by atomic mass is 15.3. The van der Waals surface area contributed by atoms with Crippen LogP contribution in [0.5, 0.6) is 0 Å². The van der Waals surface area contributed by atoms with Crippen LogP contribution in [-0.4, -0.2) is 19.2 Å². The van der Waals surface area contributed by atoms with Crippen molar-refractivity contribution in [2.45, 2.75) is 26.3 Å². The zero-order valence-electron chi connectivity index (χ0n) is 11.1. The maximum atomic E-state index is 5.86. The van der Waals surface area contributed by atoms with Gasteiger partial charge in [0.05, 0.1) is 11.4 Å². The van der Waals surface area contributed by atoms with Crippen LogP contribution in [0.2, 0.25) is 0 Å². The van der Waals surface area contributed by atoms with Crippen LogP contribution in [0.4, 0.5) is 0 Å². The van der Waals surface area contributed by atoms with Gasteiger partial charge in [-0.25, -0.2) is 9.67 Å². The van der Waals surface area contributed by atoms with E-state index >= 15 is 0 Å². The molecule has 98 valence electrons. The fraction of sp³-hybridized carbons (Fsp3) is 0.286. The number of nitrogens with zero attached hydrogens (tertiary/aromatic N) is 4. The Morgan fingerprint density at radius 1 is 1.21 bits per heavy atom. The van der Waals surface area contributed by atoms with Crippen molar-refractivity contribution < 1.29 is 0 Å². The van der Waals surface area contributed by atoms with E-state index in [-0.39, 0.29) is 0 Å². The van der Waals surface area contributed by atoms with Crippen molar-refractivity contribution in [1.82, 2.24) is 19.2 Å². The van der Waals surface area contributed by atoms with Crippen LogP contribution in [0.15, 0.2) is 36.7 Å². The minimum Gasteiger partial charge on any atom is -0.325 e. The first-order valence-corrected chi connectivity index (χ1v) is 6.42. The Balaban J connectivity index is 2.18. The zero-order valence-corrected chi connectivity index (χ0v) is 11.1. The van der Waals surface area contributed by atoms with Crippen LogP contribution in [0.3, 0.4) is 0 Å². The first kappa shape index (κ1) is 11.9. The molecule has 3 aromatic rings. The highest BCUT2D eigenvalue weighted by Crippen LogP contribution is 2.18. The number of imidazole rings is 1. The van der Waals surface area contributed by atoms with Crippen molar-refractivity contribution in [3.63, 3.8) is 0 Å². The molecule has 0 saturated carbocycles. The largest absolute Gasteiger partial charge is 0.325 e. The third kappa shape index (κ3) is 1.92. The maximum absolute atomic E-state index is 5.86. The van der Waals surface area contributed by atoms with Crippen molar-refractivity contribution in [3.8, 4) is 5.82 Å². The number of hydrogen-bond donors (Lipinski definition) is 1. The molecule has 0 unspecified atom stereocenters. The second kappa shape index (κ2) is 4.51. The maximum Gasteiger partial charge on any atom is 0.176 e. The van der Waals surface area contributed by atoms with Gasteiger partial charge in [0, 0.05) is 18.9 Å². The lowest BCUT2D eigenvalue weighted by atomic mass is 10.1. The molecule has 3 aromatic heterocycles. The summed E-state index contributed by atoms with van der Waals surface area (Å²) < 4.78 is 3.82. The molecule has 0 atom stereocenters. The third-order valence-electron chi connectivity index (χ3n) is 3.22. The molecule has 0 fully saturated rings. The Morgan fingerprint density at radius 2 is 2.05 bits per heavy atom. The molecule has 0 aromatic carbocycles. The van der Waals surface area contributed by atoms with Crippen LogP contribution in [0.25, 0.3) is 11.5 Å². The Labute approximate surface area is 111 Å². The number of hydrogen-bond acceptors (Lipinski definition) is 3. The number of aromatic nitrogens is 4. The van der Waals surface area contributed by atoms with Crippen molar-refractivity contribution in [3.05, 3.63) is 48.0 Å². The smallest absolute Gasteiger partial charge is 0.176 e. The minimum absolute atomic E-state index is 0.402. The fourth-order valence-corrected chi connectivity index (χ4v) is 2.17. The van der Waals surface area contributed by atoms with Gasteiger partial charge >= 0.3 is 0 Å². The summed E-state index contributed by atoms with van der Waals surface area (Å²) in [6, 6.07) is 7.93. The van der Waals surface area contributed by atoms with Crippen LogP contribution in [0.1, 0.15) is 31.2 Å². The Hall–Kier alpha value is -2.14. The van der Waals surface area contributed by atoms with Crippen LogP contribution >= 0.6 is 0 Å². The average Bonchev–Trinajstić information content (AvgIpc) is 3.02. The molecule has 0 aliphatic carbocycles. The van der Waals surface area contributed by atoms with E-state index in [1.54, 1.807) is 0 Å². The van der Waals surface area contributed by atoms with Crippen molar-refractivity contribution in [1.29, 1.82) is 0 Å². The predicted molar refractivity (Wildman–Crippen MR) is 74.3 cm³/mol. The summed E-state index contributed by atoms with van der Waals surface area (Å²) in [6.07, 6.45) is 3.91. The van der Waals surface area contributed by atoms with Gasteiger partial charge in [-0.2, -0.15) is 5.10 Å². The van der Waals surface area contributed by atoms with E-state index in [0.717, 1.165) is 22.9 Å². The summed E-state index contributed by atoms with van der Waals surface area (Å²) in [5, 5.41) is 4.57. The highest BCUT2D eigenvalue weighted by Gasteiger charge is 2.14. The SMILES string of the molecule is CC(C)c1ccn(-c2nc3ccccn3c2CN)n1. The molecule has 0 saturated heterocycles. The van der Waals surface area contributed by atoms with E-state index < -0.39 is 0 Å². The molecule has 19 heavy (non-hydrogen) atoms. The summed E-state index contributed by atoms with van der Waals surface area (Å²) in [4.78, 5) is 4.61. The van der Waals surface area contributed by atoms with Crippen molar-refractivity contribution in [2.24, 2.45) is 5.73 Å². The standard InChI is InChI=1S/C14H17N5/c1-10(2)11-6-8-19(17-11)14-12(9-15)18-7-4-3-5-13(18)16-14/h3-8,10H,9,15H2,1-2H3. The van der Waals surface area contributed by atoms with E-state index in [0.29, 0.717) is 12.5 Å². The quantitative estimate of drug-likeness (QED) is 0.779. The number of pyridine rings is 1. The van der Waals surface area contributed by atoms with E-state index in [2.05, 4.69) is 23.9 Å². The number of fused-ring (bicyclic) bond motifs is 1. The molecule has 5 nitrogen and oxygen atoms in total. The first-order valence-electron chi connectivity index (χ1n) is 6.42. The van der Waals surface area contributed by atoms with E-state index in [1.165, 1.54) is 0 Å². The van der Waals surface area contributed by atoms with E-state index in [9.17, 15) is 0 Å². The molecule has 3 rings (SSSR count). The lowest BCUT2D eigenvalue weighted by Crippen LogP contribution is -2.07. The summed E-state index contributed by atoms with van der Waals surface area (Å²) in [5.74, 6) is 1.21. The van der Waals surface area contributed by atoms with Gasteiger partial charge in [0.25, 0.3) is 0 Å². The highest BCUT2D eigenvalue weighted by molar-refractivity contribution is 5.48. The Morgan fingerprint density at radius 3 is 2.74 bits per heavy atom. The summed E-state index contributed by atoms with van der Waals surface area (Å²) >= 11 is 0. The molecule has 0 aliphatic heterocycles. The Kier molecular flexibility index (Phi) is 2.83. The molecule has 2 N–H and O–H groups in total. The monoisotopic (exact) mass is 255 g/mol. The minimum atomic E-state index is 0.402. The lowest BCUT2D eigenvalue weighted by molar-refractivity contribution is 0.752. The van der Waals surface area contributed by atoms with E-state index in [1.807, 2.05) is 45.7 Å². The summed E-state index contributed by atoms with van der Waals surface area (Å²) in [6.45, 7) is 4.68. The number of rotatable bonds is 3. The first-order chi connectivity index (χ1) is 9.20. The molecule has 3 heterocycles. The van der Waals surface area contributed by atoms with Crippen molar-refractivity contribution >= 4 is 5.65 Å². The van der Waals surface area contributed by atoms with Crippen molar-refractivity contribution in [2.75, 3.05) is 0 Å². The van der Waals surface area contributed by atoms with Crippen LogP contribution in [0, 0.1) is 0 Å². The topological polar surface area (TPSA) is 61.1 Å². The van der Waals surface area contributed by atoms with E-state index in [4.69, 9.17) is 5.73 Å². The van der Waals surface area contributed by atoms with Gasteiger partial charge in [0.15, 0.2) is 5.82 Å². The van der Waals surface area contributed by atoms with Crippen LogP contribution < -0.4 is 5.73 Å². The molecule has 0 bridgehead atoms. The zero-order chi connectivity index (χ0) is 13.4. The van der Waals surface area contributed by atoms with Gasteiger partial charge in [-0.15, -0.1) is 0 Å². The second-order valence-electron chi connectivity index (χ2n) is 4.85. The van der Waals surface area contributed by atoms with Gasteiger partial charge in [-0.3, -0.25) is 0 Å². The lowest BCUT2D eigenvalue weighted by Gasteiger charge is -2.02. The van der Waals surface area contributed by atoms with Gasteiger partial charge < -0.3 is 10.1 Å². The summed E-state index contributed by atoms with van der Waals surface area (Å²) in [5.41, 5.74) is 8.77. The predicted octanol–water partition coefficient (Wildman–Crippen LogP) is 2.10. The molecular weight excluding hydrogens is 238 g/mol. The van der Waals surface area contributed by atoms with Gasteiger partial charge in [0.1, 0.15) is 5.65 Å². The number of nitrogens with two attached hydrogens (primary N) is 1. The normalized spacial score (nSPS) is 11.6. The fourth-order valence-electron chi connectivity index (χ4n) is 2.17.